The maximum Gasteiger partial charge on any atom is 0.309 e. The number of fused-ring (bicyclic) bond motifs is 1. The number of benzene rings is 1. The summed E-state index contributed by atoms with van der Waals surface area (Å²) in [5.74, 6) is 0.502. The van der Waals surface area contributed by atoms with Crippen molar-refractivity contribution in [1.82, 2.24) is 19.7 Å². The van der Waals surface area contributed by atoms with Gasteiger partial charge in [-0.3, -0.25) is 14.5 Å². The van der Waals surface area contributed by atoms with Crippen molar-refractivity contribution in [3.05, 3.63) is 53.2 Å². The molecule has 1 aromatic carbocycles. The SMILES string of the molecule is CCOC(=O)C1CCN(C(c2ccccc2Cl)C2Sc3nc(-c4ccco4)nn3C2=O)CC1. The molecule has 2 unspecified atom stereocenters. The zero-order valence-electron chi connectivity index (χ0n) is 18.0. The number of hydrogen-bond donors (Lipinski definition) is 0. The van der Waals surface area contributed by atoms with Gasteiger partial charge in [0.05, 0.1) is 24.8 Å². The highest BCUT2D eigenvalue weighted by molar-refractivity contribution is 8.00. The number of rotatable bonds is 6. The minimum Gasteiger partial charge on any atom is -0.466 e. The second-order valence-electron chi connectivity index (χ2n) is 8.01. The van der Waals surface area contributed by atoms with Crippen molar-refractivity contribution in [1.29, 1.82) is 0 Å². The highest BCUT2D eigenvalue weighted by atomic mass is 35.5. The topological polar surface area (TPSA) is 90.5 Å². The number of aromatic nitrogens is 3. The van der Waals surface area contributed by atoms with Crippen LogP contribution in [-0.2, 0) is 9.53 Å². The second kappa shape index (κ2) is 9.32. The molecule has 172 valence electrons. The lowest BCUT2D eigenvalue weighted by Crippen LogP contribution is -2.44. The number of ether oxygens (including phenoxy) is 1. The summed E-state index contributed by atoms with van der Waals surface area (Å²) in [6.07, 6.45) is 2.90. The summed E-state index contributed by atoms with van der Waals surface area (Å²) in [5, 5.41) is 5.08. The van der Waals surface area contributed by atoms with Gasteiger partial charge in [-0.05, 0) is 56.6 Å². The second-order valence-corrected chi connectivity index (χ2v) is 9.53. The molecule has 4 heterocycles. The predicted octanol–water partition coefficient (Wildman–Crippen LogP) is 4.32. The van der Waals surface area contributed by atoms with Crippen molar-refractivity contribution in [2.75, 3.05) is 19.7 Å². The molecule has 0 aliphatic carbocycles. The molecule has 0 N–H and O–H groups in total. The van der Waals surface area contributed by atoms with Crippen LogP contribution in [0.25, 0.3) is 11.6 Å². The van der Waals surface area contributed by atoms with Gasteiger partial charge in [-0.1, -0.05) is 41.6 Å². The number of carbonyl (C=O) groups excluding carboxylic acids is 2. The van der Waals surface area contributed by atoms with E-state index < -0.39 is 5.25 Å². The summed E-state index contributed by atoms with van der Waals surface area (Å²) in [7, 11) is 0. The Labute approximate surface area is 200 Å². The largest absolute Gasteiger partial charge is 0.466 e. The fourth-order valence-electron chi connectivity index (χ4n) is 4.45. The van der Waals surface area contributed by atoms with Crippen LogP contribution < -0.4 is 0 Å². The standard InChI is InChI=1S/C23H23ClN4O4S/c1-2-31-22(30)14-9-11-27(12-10-14)18(15-6-3-4-7-16(15)24)19-21(29)28-23(33-19)25-20(26-28)17-8-5-13-32-17/h3-8,13-14,18-19H,2,9-12H2,1H3. The molecule has 8 nitrogen and oxygen atoms in total. The summed E-state index contributed by atoms with van der Waals surface area (Å²) >= 11 is 7.98. The van der Waals surface area contributed by atoms with Crippen LogP contribution in [-0.4, -0.2) is 56.5 Å². The van der Waals surface area contributed by atoms with Crippen molar-refractivity contribution in [3.8, 4) is 11.6 Å². The average Bonchev–Trinajstić information content (AvgIpc) is 3.55. The first-order valence-corrected chi connectivity index (χ1v) is 12.2. The van der Waals surface area contributed by atoms with E-state index in [2.05, 4.69) is 15.0 Å². The van der Waals surface area contributed by atoms with Crippen molar-refractivity contribution in [2.45, 2.75) is 36.2 Å². The zero-order chi connectivity index (χ0) is 22.9. The van der Waals surface area contributed by atoms with Gasteiger partial charge >= 0.3 is 5.97 Å². The van der Waals surface area contributed by atoms with Gasteiger partial charge in [0.25, 0.3) is 5.91 Å². The number of likely N-dealkylation sites (tertiary alicyclic amines) is 1. The van der Waals surface area contributed by atoms with E-state index in [0.717, 1.165) is 5.56 Å². The van der Waals surface area contributed by atoms with Gasteiger partial charge in [0.1, 0.15) is 5.25 Å². The molecule has 0 saturated carbocycles. The van der Waals surface area contributed by atoms with Gasteiger partial charge < -0.3 is 9.15 Å². The minimum absolute atomic E-state index is 0.118. The Hall–Kier alpha value is -2.62. The first kappa shape index (κ1) is 22.2. The molecule has 2 atom stereocenters. The highest BCUT2D eigenvalue weighted by Gasteiger charge is 2.45. The Kier molecular flexibility index (Phi) is 6.27. The van der Waals surface area contributed by atoms with Crippen LogP contribution in [0.1, 0.15) is 36.2 Å². The number of halogens is 1. The normalized spacial score (nSPS) is 20.1. The number of esters is 1. The molecular weight excluding hydrogens is 464 g/mol. The van der Waals surface area contributed by atoms with Crippen LogP contribution in [0.3, 0.4) is 0 Å². The minimum atomic E-state index is -0.454. The van der Waals surface area contributed by atoms with E-state index in [1.54, 1.807) is 18.4 Å². The maximum atomic E-state index is 13.5. The highest BCUT2D eigenvalue weighted by Crippen LogP contribution is 2.44. The van der Waals surface area contributed by atoms with E-state index in [-0.39, 0.29) is 23.8 Å². The van der Waals surface area contributed by atoms with Crippen LogP contribution in [0.2, 0.25) is 5.02 Å². The van der Waals surface area contributed by atoms with Gasteiger partial charge in [0, 0.05) is 5.02 Å². The summed E-state index contributed by atoms with van der Waals surface area (Å²) in [5.41, 5.74) is 0.886. The Bertz CT molecular complexity index is 1160. The Balaban J connectivity index is 1.41. The Morgan fingerprint density at radius 2 is 2.06 bits per heavy atom. The van der Waals surface area contributed by atoms with E-state index in [4.69, 9.17) is 20.8 Å². The lowest BCUT2D eigenvalue weighted by atomic mass is 9.92. The van der Waals surface area contributed by atoms with Gasteiger partial charge in [-0.2, -0.15) is 9.67 Å². The van der Waals surface area contributed by atoms with E-state index >= 15 is 0 Å². The molecule has 1 fully saturated rings. The molecule has 0 amide bonds. The van der Waals surface area contributed by atoms with Crippen LogP contribution >= 0.6 is 23.4 Å². The monoisotopic (exact) mass is 486 g/mol. The predicted molar refractivity (Wildman–Crippen MR) is 123 cm³/mol. The molecule has 0 spiro atoms. The molecule has 10 heteroatoms. The number of furan rings is 1. The van der Waals surface area contributed by atoms with Crippen LogP contribution in [0, 0.1) is 5.92 Å². The number of nitrogens with zero attached hydrogens (tertiary/aromatic N) is 4. The molecule has 5 rings (SSSR count). The summed E-state index contributed by atoms with van der Waals surface area (Å²) in [6, 6.07) is 10.9. The quantitative estimate of drug-likeness (QED) is 0.476. The van der Waals surface area contributed by atoms with E-state index in [1.807, 2.05) is 31.2 Å². The number of hydrogen-bond acceptors (Lipinski definition) is 8. The van der Waals surface area contributed by atoms with Gasteiger partial charge in [-0.25, -0.2) is 0 Å². The van der Waals surface area contributed by atoms with Crippen molar-refractivity contribution in [2.24, 2.45) is 5.92 Å². The smallest absolute Gasteiger partial charge is 0.309 e. The fraction of sp³-hybridized carbons (Fsp3) is 0.391. The molecule has 0 bridgehead atoms. The lowest BCUT2D eigenvalue weighted by Gasteiger charge is -2.39. The number of carbonyl (C=O) groups is 2. The molecule has 33 heavy (non-hydrogen) atoms. The number of thioether (sulfide) groups is 1. The molecule has 0 radical (unpaired) electrons. The summed E-state index contributed by atoms with van der Waals surface area (Å²) in [4.78, 5) is 32.4. The summed E-state index contributed by atoms with van der Waals surface area (Å²) < 4.78 is 11.9. The van der Waals surface area contributed by atoms with Crippen molar-refractivity contribution < 1.29 is 18.7 Å². The third-order valence-corrected chi connectivity index (χ3v) is 7.59. The summed E-state index contributed by atoms with van der Waals surface area (Å²) in [6.45, 7) is 3.53. The molecule has 3 aromatic rings. The van der Waals surface area contributed by atoms with Gasteiger partial charge in [0.15, 0.2) is 10.9 Å². The third kappa shape index (κ3) is 4.20. The lowest BCUT2D eigenvalue weighted by molar-refractivity contribution is -0.149. The molecule has 2 aromatic heterocycles. The Morgan fingerprint density at radius 1 is 1.27 bits per heavy atom. The molecule has 2 aliphatic rings. The van der Waals surface area contributed by atoms with E-state index in [1.165, 1.54) is 16.4 Å². The van der Waals surface area contributed by atoms with Crippen LogP contribution in [0.5, 0.6) is 0 Å². The van der Waals surface area contributed by atoms with Crippen molar-refractivity contribution in [3.63, 3.8) is 0 Å². The average molecular weight is 487 g/mol. The molecule has 2 aliphatic heterocycles. The number of piperidine rings is 1. The van der Waals surface area contributed by atoms with Crippen molar-refractivity contribution >= 4 is 35.2 Å². The zero-order valence-corrected chi connectivity index (χ0v) is 19.6. The Morgan fingerprint density at radius 3 is 2.73 bits per heavy atom. The molecular formula is C23H23ClN4O4S. The fourth-order valence-corrected chi connectivity index (χ4v) is 5.94. The van der Waals surface area contributed by atoms with E-state index in [9.17, 15) is 9.59 Å². The maximum absolute atomic E-state index is 13.5. The van der Waals surface area contributed by atoms with Gasteiger partial charge in [0.2, 0.25) is 5.82 Å². The van der Waals surface area contributed by atoms with Crippen LogP contribution in [0.15, 0.2) is 52.2 Å². The third-order valence-electron chi connectivity index (χ3n) is 6.06. The van der Waals surface area contributed by atoms with Crippen LogP contribution in [0.4, 0.5) is 0 Å². The first-order chi connectivity index (χ1) is 16.1. The first-order valence-electron chi connectivity index (χ1n) is 10.9. The van der Waals surface area contributed by atoms with E-state index in [0.29, 0.717) is 54.3 Å². The van der Waals surface area contributed by atoms with Gasteiger partial charge in [-0.15, -0.1) is 5.10 Å². The molecule has 1 saturated heterocycles.